The molecular weight excluding hydrogens is 248 g/mol. The van der Waals surface area contributed by atoms with Crippen molar-refractivity contribution in [2.45, 2.75) is 57.2 Å². The molecule has 108 valence electrons. The van der Waals surface area contributed by atoms with Gasteiger partial charge in [-0.3, -0.25) is 4.90 Å². The molecule has 0 radical (unpaired) electrons. The molecule has 1 fully saturated rings. The van der Waals surface area contributed by atoms with Gasteiger partial charge in [0.2, 0.25) is 0 Å². The summed E-state index contributed by atoms with van der Waals surface area (Å²) < 4.78 is 23.5. The highest BCUT2D eigenvalue weighted by Gasteiger charge is 2.31. The molecule has 1 atom stereocenters. The molecule has 0 saturated carbocycles. The zero-order chi connectivity index (χ0) is 13.8. The second-order valence-corrected chi connectivity index (χ2v) is 9.06. The predicted molar refractivity (Wildman–Crippen MR) is 76.4 cm³/mol. The molecule has 2 N–H and O–H groups in total. The molecule has 1 heterocycles. The van der Waals surface area contributed by atoms with E-state index in [1.165, 1.54) is 12.8 Å². The van der Waals surface area contributed by atoms with Gasteiger partial charge in [0.05, 0.1) is 10.5 Å². The van der Waals surface area contributed by atoms with Crippen LogP contribution in [-0.2, 0) is 9.84 Å². The van der Waals surface area contributed by atoms with Gasteiger partial charge in [-0.1, -0.05) is 0 Å². The van der Waals surface area contributed by atoms with Gasteiger partial charge in [0.1, 0.15) is 0 Å². The van der Waals surface area contributed by atoms with Crippen LogP contribution in [0.15, 0.2) is 0 Å². The molecular formula is C13H28N2O2S. The van der Waals surface area contributed by atoms with Gasteiger partial charge in [-0.25, -0.2) is 8.42 Å². The van der Waals surface area contributed by atoms with Gasteiger partial charge in [-0.15, -0.1) is 0 Å². The van der Waals surface area contributed by atoms with Crippen LogP contribution in [0.25, 0.3) is 0 Å². The Morgan fingerprint density at radius 1 is 1.33 bits per heavy atom. The Bertz CT molecular complexity index is 346. The normalized spacial score (nSPS) is 22.6. The maximum absolute atomic E-state index is 12.1. The summed E-state index contributed by atoms with van der Waals surface area (Å²) in [6, 6.07) is 0.545. The van der Waals surface area contributed by atoms with Gasteiger partial charge in [-0.2, -0.15) is 0 Å². The number of rotatable bonds is 6. The summed E-state index contributed by atoms with van der Waals surface area (Å²) in [5.74, 6) is 0.273. The second kappa shape index (κ2) is 6.35. The largest absolute Gasteiger partial charge is 0.330 e. The number of sulfone groups is 1. The molecule has 5 heteroatoms. The SMILES string of the molecule is CC(C)(C)S(=O)(=O)CCN1CCCC1CCCN. The fourth-order valence-corrected chi connectivity index (χ4v) is 3.50. The Balaban J connectivity index is 2.48. The zero-order valence-corrected chi connectivity index (χ0v) is 12.8. The number of nitrogens with two attached hydrogens (primary N) is 1. The first-order valence-electron chi connectivity index (χ1n) is 6.94. The molecule has 0 spiro atoms. The maximum atomic E-state index is 12.1. The summed E-state index contributed by atoms with van der Waals surface area (Å²) >= 11 is 0. The standard InChI is InChI=1S/C13H28N2O2S/c1-13(2,3)18(16,17)11-10-15-9-5-7-12(15)6-4-8-14/h12H,4-11,14H2,1-3H3. The van der Waals surface area contributed by atoms with Crippen LogP contribution in [0.1, 0.15) is 46.5 Å². The molecule has 1 saturated heterocycles. The van der Waals surface area contributed by atoms with Gasteiger partial charge in [0.15, 0.2) is 9.84 Å². The number of hydrogen-bond acceptors (Lipinski definition) is 4. The van der Waals surface area contributed by atoms with E-state index in [9.17, 15) is 8.42 Å². The minimum absolute atomic E-state index is 0.273. The van der Waals surface area contributed by atoms with E-state index < -0.39 is 14.6 Å². The van der Waals surface area contributed by atoms with Crippen LogP contribution < -0.4 is 5.73 Å². The van der Waals surface area contributed by atoms with E-state index in [2.05, 4.69) is 4.90 Å². The van der Waals surface area contributed by atoms with E-state index in [1.54, 1.807) is 20.8 Å². The molecule has 4 nitrogen and oxygen atoms in total. The summed E-state index contributed by atoms with van der Waals surface area (Å²) in [6.07, 6.45) is 4.51. The Hall–Kier alpha value is -0.130. The highest BCUT2D eigenvalue weighted by atomic mass is 32.2. The molecule has 0 aliphatic carbocycles. The van der Waals surface area contributed by atoms with Crippen LogP contribution in [0.2, 0.25) is 0 Å². The summed E-state index contributed by atoms with van der Waals surface area (Å²) in [5, 5.41) is 0. The second-order valence-electron chi connectivity index (χ2n) is 6.19. The van der Waals surface area contributed by atoms with Crippen molar-refractivity contribution in [3.8, 4) is 0 Å². The van der Waals surface area contributed by atoms with Crippen molar-refractivity contribution in [2.24, 2.45) is 5.73 Å². The first kappa shape index (κ1) is 15.9. The average Bonchev–Trinajstić information content (AvgIpc) is 2.69. The quantitative estimate of drug-likeness (QED) is 0.796. The van der Waals surface area contributed by atoms with E-state index in [0.717, 1.165) is 25.9 Å². The minimum Gasteiger partial charge on any atom is -0.330 e. The molecule has 1 unspecified atom stereocenters. The third-order valence-corrected chi connectivity index (χ3v) is 6.41. The van der Waals surface area contributed by atoms with Crippen molar-refractivity contribution in [1.29, 1.82) is 0 Å². The highest BCUT2D eigenvalue weighted by Crippen LogP contribution is 2.22. The van der Waals surface area contributed by atoms with Crippen LogP contribution in [0.5, 0.6) is 0 Å². The first-order chi connectivity index (χ1) is 8.28. The summed E-state index contributed by atoms with van der Waals surface area (Å²) in [6.45, 7) is 7.77. The smallest absolute Gasteiger partial charge is 0.156 e. The van der Waals surface area contributed by atoms with Gasteiger partial charge in [0, 0.05) is 12.6 Å². The summed E-state index contributed by atoms with van der Waals surface area (Å²) in [5.41, 5.74) is 5.54. The molecule has 0 aromatic carbocycles. The predicted octanol–water partition coefficient (Wildman–Crippen LogP) is 1.40. The lowest BCUT2D eigenvalue weighted by atomic mass is 10.1. The first-order valence-corrected chi connectivity index (χ1v) is 8.59. The van der Waals surface area contributed by atoms with Crippen molar-refractivity contribution in [2.75, 3.05) is 25.4 Å². The molecule has 0 bridgehead atoms. The summed E-state index contributed by atoms with van der Waals surface area (Å²) in [7, 11) is -3.00. The average molecular weight is 276 g/mol. The maximum Gasteiger partial charge on any atom is 0.156 e. The van der Waals surface area contributed by atoms with E-state index in [0.29, 0.717) is 12.6 Å². The Morgan fingerprint density at radius 2 is 2.00 bits per heavy atom. The van der Waals surface area contributed by atoms with Gasteiger partial charge >= 0.3 is 0 Å². The van der Waals surface area contributed by atoms with Crippen LogP contribution in [0.4, 0.5) is 0 Å². The van der Waals surface area contributed by atoms with Crippen LogP contribution in [-0.4, -0.2) is 49.5 Å². The van der Waals surface area contributed by atoms with Crippen molar-refractivity contribution >= 4 is 9.84 Å². The van der Waals surface area contributed by atoms with E-state index in [4.69, 9.17) is 5.73 Å². The lowest BCUT2D eigenvalue weighted by molar-refractivity contribution is 0.253. The third-order valence-electron chi connectivity index (χ3n) is 3.82. The molecule has 18 heavy (non-hydrogen) atoms. The lowest BCUT2D eigenvalue weighted by Gasteiger charge is -2.26. The van der Waals surface area contributed by atoms with E-state index in [-0.39, 0.29) is 5.75 Å². The number of likely N-dealkylation sites (tertiary alicyclic amines) is 1. The van der Waals surface area contributed by atoms with E-state index in [1.807, 2.05) is 0 Å². The van der Waals surface area contributed by atoms with Gasteiger partial charge in [0.25, 0.3) is 0 Å². The fourth-order valence-electron chi connectivity index (χ4n) is 2.41. The minimum atomic E-state index is -3.00. The number of nitrogens with zero attached hydrogens (tertiary/aromatic N) is 1. The van der Waals surface area contributed by atoms with Crippen molar-refractivity contribution < 1.29 is 8.42 Å². The molecule has 1 aliphatic heterocycles. The van der Waals surface area contributed by atoms with Gasteiger partial charge < -0.3 is 5.73 Å². The monoisotopic (exact) mass is 276 g/mol. The molecule has 0 amide bonds. The molecule has 1 aliphatic rings. The van der Waals surface area contributed by atoms with Crippen molar-refractivity contribution in [3.05, 3.63) is 0 Å². The third kappa shape index (κ3) is 4.21. The lowest BCUT2D eigenvalue weighted by Crippen LogP contribution is -2.38. The van der Waals surface area contributed by atoms with Crippen LogP contribution >= 0.6 is 0 Å². The highest BCUT2D eigenvalue weighted by molar-refractivity contribution is 7.92. The van der Waals surface area contributed by atoms with Crippen LogP contribution in [0, 0.1) is 0 Å². The topological polar surface area (TPSA) is 63.4 Å². The molecule has 0 aromatic rings. The Kier molecular flexibility index (Phi) is 5.62. The number of hydrogen-bond donors (Lipinski definition) is 1. The molecule has 0 aromatic heterocycles. The zero-order valence-electron chi connectivity index (χ0n) is 12.0. The molecule has 1 rings (SSSR count). The Morgan fingerprint density at radius 3 is 2.56 bits per heavy atom. The fraction of sp³-hybridized carbons (Fsp3) is 1.00. The van der Waals surface area contributed by atoms with Gasteiger partial charge in [-0.05, 0) is 59.5 Å². The summed E-state index contributed by atoms with van der Waals surface area (Å²) in [4.78, 5) is 2.33. The van der Waals surface area contributed by atoms with Crippen molar-refractivity contribution in [1.82, 2.24) is 4.90 Å². The van der Waals surface area contributed by atoms with E-state index >= 15 is 0 Å². The Labute approximate surface area is 112 Å². The van der Waals surface area contributed by atoms with Crippen LogP contribution in [0.3, 0.4) is 0 Å². The van der Waals surface area contributed by atoms with Crippen molar-refractivity contribution in [3.63, 3.8) is 0 Å².